The van der Waals surface area contributed by atoms with Crippen LogP contribution in [0, 0.1) is 38.6 Å². The van der Waals surface area contributed by atoms with Crippen LogP contribution in [0.25, 0.3) is 28.5 Å². The number of alkyl halides is 9. The molecule has 0 saturated heterocycles. The first kappa shape index (κ1) is 51.9. The predicted molar refractivity (Wildman–Crippen MR) is 197 cm³/mol. The van der Waals surface area contributed by atoms with Crippen LogP contribution >= 0.6 is 34.0 Å². The number of hydrogen-bond donors (Lipinski definition) is 0. The molecule has 23 heteroatoms. The van der Waals surface area contributed by atoms with E-state index in [1.165, 1.54) is 36.4 Å². The number of aromatic nitrogens is 4. The Labute approximate surface area is 381 Å². The molecule has 320 valence electrons. The molecule has 0 atom stereocenters. The Morgan fingerprint density at radius 2 is 0.852 bits per heavy atom. The van der Waals surface area contributed by atoms with Crippen molar-refractivity contribution in [3.8, 4) is 22.8 Å². The van der Waals surface area contributed by atoms with E-state index in [1.54, 1.807) is 28.5 Å². The molecular formula is C38H22F9N4O6S3Tb. The molecule has 10 nitrogen and oxygen atoms in total. The van der Waals surface area contributed by atoms with E-state index in [-0.39, 0.29) is 71.5 Å². The molecule has 0 N–H and O–H groups in total. The zero-order chi connectivity index (χ0) is 44.5. The van der Waals surface area contributed by atoms with Crippen molar-refractivity contribution in [2.75, 3.05) is 0 Å². The molecule has 6 aromatic heterocycles. The van der Waals surface area contributed by atoms with Crippen LogP contribution < -0.4 is 15.3 Å². The van der Waals surface area contributed by atoms with Crippen LogP contribution in [0.4, 0.5) is 39.5 Å². The standard InChI is InChI=1S/C14H10N4.3C8H5F3O2S.Tb/c1-3-9-15-11(5-1)13-7-8-14(18-17-13)12-6-2-4-10-16-12;3*9-8(10,11)7(13)4-5(12)6-2-1-3-14-6;/h1-10H;2*1-4,13H;1-4,12H;/q;;;;+3/p-3/b;2*7-4-;5-4-;. The number of rotatable bonds is 8. The van der Waals surface area contributed by atoms with Gasteiger partial charge in [-0.2, -0.15) is 39.5 Å². The second kappa shape index (κ2) is 24.3. The summed E-state index contributed by atoms with van der Waals surface area (Å²) >= 11 is 2.95. The molecule has 0 saturated carbocycles. The third-order valence-electron chi connectivity index (χ3n) is 6.44. The van der Waals surface area contributed by atoms with Gasteiger partial charge in [0.2, 0.25) is 0 Å². The Hall–Kier alpha value is -5.23. The predicted octanol–water partition coefficient (Wildman–Crippen LogP) is 7.66. The van der Waals surface area contributed by atoms with Crippen LogP contribution in [0.5, 0.6) is 0 Å². The first-order valence-electron chi connectivity index (χ1n) is 15.9. The monoisotopic (exact) mass is 1060 g/mol. The third-order valence-corrected chi connectivity index (χ3v) is 9.09. The van der Waals surface area contributed by atoms with Crippen molar-refractivity contribution in [1.82, 2.24) is 20.2 Å². The van der Waals surface area contributed by atoms with Gasteiger partial charge in [-0.05, 0) is 100 Å². The molecule has 0 bridgehead atoms. The number of ketones is 3. The summed E-state index contributed by atoms with van der Waals surface area (Å²) in [5.41, 5.74) is 3.15. The quantitative estimate of drug-likeness (QED) is 0.0638. The van der Waals surface area contributed by atoms with E-state index in [1.807, 2.05) is 48.5 Å². The summed E-state index contributed by atoms with van der Waals surface area (Å²) in [5.74, 6) is -9.13. The summed E-state index contributed by atoms with van der Waals surface area (Å²) in [4.78, 5) is 41.2. The zero-order valence-electron chi connectivity index (χ0n) is 29.9. The van der Waals surface area contributed by atoms with Gasteiger partial charge in [-0.15, -0.1) is 44.2 Å². The maximum absolute atomic E-state index is 11.7. The topological polar surface area (TPSA) is 172 Å². The van der Waals surface area contributed by atoms with Crippen molar-refractivity contribution in [3.63, 3.8) is 0 Å². The normalized spacial score (nSPS) is 11.9. The maximum Gasteiger partial charge on any atom is 3.00 e. The van der Waals surface area contributed by atoms with Crippen molar-refractivity contribution < 1.29 is 108 Å². The van der Waals surface area contributed by atoms with Crippen molar-refractivity contribution in [1.29, 1.82) is 0 Å². The molecule has 0 aliphatic rings. The molecule has 0 aliphatic carbocycles. The maximum atomic E-state index is 11.7. The van der Waals surface area contributed by atoms with Crippen molar-refractivity contribution in [2.24, 2.45) is 0 Å². The largest absolute Gasteiger partial charge is 3.00 e. The molecule has 61 heavy (non-hydrogen) atoms. The SMILES string of the molecule is O=C(/C=C(\[O-])C(F)(F)F)c1cccs1.O=C(/C=C(\[O-])C(F)(F)F)c1cccs1.O=C(/C=C(\[O-])c1cccs1)C(F)(F)F.[Tb+3].c1ccc(-c2ccc(-c3ccccn3)nn2)nc1. The summed E-state index contributed by atoms with van der Waals surface area (Å²) in [6, 6.07) is 23.8. The van der Waals surface area contributed by atoms with Crippen LogP contribution in [-0.4, -0.2) is 56.0 Å². The Morgan fingerprint density at radius 3 is 1.13 bits per heavy atom. The Morgan fingerprint density at radius 1 is 0.475 bits per heavy atom. The second-order valence-electron chi connectivity index (χ2n) is 10.8. The summed E-state index contributed by atoms with van der Waals surface area (Å²) in [6.07, 6.45) is -11.3. The molecule has 6 aromatic rings. The van der Waals surface area contributed by atoms with E-state index in [0.29, 0.717) is 0 Å². The number of thiophene rings is 3. The molecular weight excluding hydrogens is 1030 g/mol. The van der Waals surface area contributed by atoms with Gasteiger partial charge in [-0.3, -0.25) is 24.4 Å². The molecule has 0 aromatic carbocycles. The molecule has 0 radical (unpaired) electrons. The van der Waals surface area contributed by atoms with Gasteiger partial charge in [-0.1, -0.05) is 36.1 Å². The minimum Gasteiger partial charge on any atom is -0.871 e. The average molecular weight is 1060 g/mol. The number of pyridine rings is 2. The van der Waals surface area contributed by atoms with E-state index in [4.69, 9.17) is 0 Å². The average Bonchev–Trinajstić information content (AvgIpc) is 4.04. The number of allylic oxidation sites excluding steroid dienone is 5. The minimum atomic E-state index is -4.98. The van der Waals surface area contributed by atoms with Gasteiger partial charge in [0.05, 0.1) is 21.1 Å². The summed E-state index contributed by atoms with van der Waals surface area (Å²) in [7, 11) is 0. The van der Waals surface area contributed by atoms with E-state index < -0.39 is 53.2 Å². The van der Waals surface area contributed by atoms with Crippen LogP contribution in [0.1, 0.15) is 24.2 Å². The fraction of sp³-hybridized carbons (Fsp3) is 0.0789. The minimum absolute atomic E-state index is 0. The Balaban J connectivity index is 0.000000281. The van der Waals surface area contributed by atoms with E-state index in [9.17, 15) is 69.2 Å². The Bertz CT molecular complexity index is 2230. The number of nitrogens with zero attached hydrogens (tertiary/aromatic N) is 4. The second-order valence-corrected chi connectivity index (χ2v) is 13.6. The van der Waals surface area contributed by atoms with Crippen molar-refractivity contribution >= 4 is 57.1 Å². The fourth-order valence-electron chi connectivity index (χ4n) is 3.71. The molecule has 0 amide bonds. The number of hydrogen-bond acceptors (Lipinski definition) is 13. The summed E-state index contributed by atoms with van der Waals surface area (Å²) in [6.45, 7) is 0. The third kappa shape index (κ3) is 18.1. The van der Waals surface area contributed by atoms with Crippen LogP contribution in [0.15, 0.2) is 143 Å². The zero-order valence-corrected chi connectivity index (χ0v) is 34.5. The number of carbonyl (C=O) groups excluding carboxylic acids is 3. The van der Waals surface area contributed by atoms with Gasteiger partial charge in [0.1, 0.15) is 11.4 Å². The molecule has 0 aliphatic heterocycles. The van der Waals surface area contributed by atoms with Crippen molar-refractivity contribution in [3.05, 3.63) is 158 Å². The van der Waals surface area contributed by atoms with Gasteiger partial charge >= 0.3 is 57.1 Å². The summed E-state index contributed by atoms with van der Waals surface area (Å²) in [5, 5.41) is 44.7. The van der Waals surface area contributed by atoms with Gasteiger partial charge in [0.25, 0.3) is 5.78 Å². The van der Waals surface area contributed by atoms with Crippen LogP contribution in [0.2, 0.25) is 0 Å². The van der Waals surface area contributed by atoms with Gasteiger partial charge in [-0.25, -0.2) is 0 Å². The van der Waals surface area contributed by atoms with Gasteiger partial charge in [0.15, 0.2) is 11.6 Å². The molecule has 6 heterocycles. The van der Waals surface area contributed by atoms with Crippen LogP contribution in [0.3, 0.4) is 0 Å². The first-order valence-corrected chi connectivity index (χ1v) is 18.6. The van der Waals surface area contributed by atoms with Crippen molar-refractivity contribution in [2.45, 2.75) is 18.5 Å². The summed E-state index contributed by atoms with van der Waals surface area (Å²) < 4.78 is 105. The van der Waals surface area contributed by atoms with Crippen LogP contribution in [-0.2, 0) is 4.79 Å². The molecule has 6 rings (SSSR count). The number of halogens is 9. The van der Waals surface area contributed by atoms with Gasteiger partial charge < -0.3 is 15.3 Å². The van der Waals surface area contributed by atoms with E-state index in [0.717, 1.165) is 56.8 Å². The molecule has 0 spiro atoms. The fourth-order valence-corrected chi connectivity index (χ4v) is 5.61. The molecule has 0 fully saturated rings. The first-order chi connectivity index (χ1) is 28.2. The Kier molecular flexibility index (Phi) is 20.7. The van der Waals surface area contributed by atoms with E-state index >= 15 is 0 Å². The number of carbonyl (C=O) groups is 3. The smallest absolute Gasteiger partial charge is 0.871 e. The van der Waals surface area contributed by atoms with Gasteiger partial charge in [0, 0.05) is 17.3 Å². The molecule has 0 unspecified atom stereocenters. The van der Waals surface area contributed by atoms with E-state index in [2.05, 4.69) is 20.2 Å².